The molecule has 1 fully saturated rings. The van der Waals surface area contributed by atoms with Crippen molar-refractivity contribution in [2.24, 2.45) is 5.73 Å². The maximum atomic E-state index is 13.7. The molecule has 0 saturated carbocycles. The van der Waals surface area contributed by atoms with E-state index < -0.39 is 35.8 Å². The molecule has 236 valence electrons. The van der Waals surface area contributed by atoms with Crippen molar-refractivity contribution in [2.45, 2.75) is 50.3 Å². The van der Waals surface area contributed by atoms with Gasteiger partial charge in [-0.1, -0.05) is 66.7 Å². The molecule has 1 heterocycles. The van der Waals surface area contributed by atoms with Gasteiger partial charge in [-0.25, -0.2) is 4.79 Å². The molecule has 4 rings (SSSR count). The number of methoxy groups -OCH3 is 1. The van der Waals surface area contributed by atoms with E-state index in [2.05, 4.69) is 4.74 Å². The largest absolute Gasteiger partial charge is 0.497 e. The first-order valence-electron chi connectivity index (χ1n) is 14.3. The number of carbonyl (C=O) groups excluding carboxylic acids is 2. The highest BCUT2D eigenvalue weighted by molar-refractivity contribution is 5.89. The van der Waals surface area contributed by atoms with E-state index in [4.69, 9.17) is 19.9 Å². The number of alkyl halides is 3. The second-order valence-corrected chi connectivity index (χ2v) is 10.9. The van der Waals surface area contributed by atoms with Gasteiger partial charge in [0.25, 0.3) is 5.91 Å². The minimum absolute atomic E-state index is 0.0202. The molecular formula is C33H37F3N2O6. The van der Waals surface area contributed by atoms with Crippen LogP contribution < -0.4 is 10.5 Å². The molecule has 44 heavy (non-hydrogen) atoms. The smallest absolute Gasteiger partial charge is 0.491 e. The Kier molecular flexibility index (Phi) is 10.7. The van der Waals surface area contributed by atoms with Gasteiger partial charge in [0.15, 0.2) is 0 Å². The van der Waals surface area contributed by atoms with Crippen molar-refractivity contribution in [3.8, 4) is 5.75 Å². The lowest BCUT2D eigenvalue weighted by Crippen LogP contribution is -2.70. The van der Waals surface area contributed by atoms with E-state index in [0.29, 0.717) is 37.6 Å². The van der Waals surface area contributed by atoms with Gasteiger partial charge in [0.1, 0.15) is 11.4 Å². The molecular weight excluding hydrogens is 577 g/mol. The minimum atomic E-state index is -5.33. The van der Waals surface area contributed by atoms with Gasteiger partial charge in [-0.3, -0.25) is 10.5 Å². The molecule has 0 aliphatic carbocycles. The molecule has 0 spiro atoms. The number of carbonyl (C=O) groups is 2. The maximum Gasteiger partial charge on any atom is 0.491 e. The van der Waals surface area contributed by atoms with Crippen molar-refractivity contribution in [1.82, 2.24) is 4.90 Å². The number of nitrogens with two attached hydrogens (primary N) is 1. The van der Waals surface area contributed by atoms with E-state index in [9.17, 15) is 22.8 Å². The predicted octanol–water partition coefficient (Wildman–Crippen LogP) is 5.06. The first-order chi connectivity index (χ1) is 21.0. The standard InChI is InChI=1S/C33H37F3N2O6/c1-24-10-6-7-13-28(24)31(43-19-9-8-18-42-21-26-11-4-3-5-12-26)22-38(23-31)29(39)32(37,44-30(40)33(34,35)36)20-25-14-16-27(41-2)17-15-25/h3-7,10-17H,8-9,18-23,37H2,1-2H3. The number of rotatable bonds is 14. The van der Waals surface area contributed by atoms with Crippen molar-refractivity contribution in [3.05, 3.63) is 101 Å². The van der Waals surface area contributed by atoms with Crippen LogP contribution in [-0.2, 0) is 42.4 Å². The number of esters is 1. The zero-order chi connectivity index (χ0) is 31.8. The summed E-state index contributed by atoms with van der Waals surface area (Å²) in [6.07, 6.45) is -4.37. The highest BCUT2D eigenvalue weighted by Crippen LogP contribution is 2.39. The summed E-state index contributed by atoms with van der Waals surface area (Å²) >= 11 is 0. The molecule has 1 amide bonds. The summed E-state index contributed by atoms with van der Waals surface area (Å²) < 4.78 is 61.5. The van der Waals surface area contributed by atoms with Crippen molar-refractivity contribution in [2.75, 3.05) is 33.4 Å². The molecule has 0 radical (unpaired) electrons. The van der Waals surface area contributed by atoms with Crippen molar-refractivity contribution in [1.29, 1.82) is 0 Å². The van der Waals surface area contributed by atoms with E-state index in [-0.39, 0.29) is 13.1 Å². The highest BCUT2D eigenvalue weighted by atomic mass is 19.4. The average Bonchev–Trinajstić information content (AvgIpc) is 2.98. The number of amides is 1. The molecule has 1 aliphatic heterocycles. The molecule has 2 N–H and O–H groups in total. The third kappa shape index (κ3) is 8.16. The van der Waals surface area contributed by atoms with E-state index in [1.54, 1.807) is 12.1 Å². The Morgan fingerprint density at radius 2 is 1.52 bits per heavy atom. The fourth-order valence-corrected chi connectivity index (χ4v) is 5.17. The fraction of sp³-hybridized carbons (Fsp3) is 0.394. The lowest BCUT2D eigenvalue weighted by Gasteiger charge is -2.52. The second-order valence-electron chi connectivity index (χ2n) is 10.9. The Bertz CT molecular complexity index is 1390. The van der Waals surface area contributed by atoms with Gasteiger partial charge in [-0.15, -0.1) is 0 Å². The van der Waals surface area contributed by atoms with E-state index >= 15 is 0 Å². The summed E-state index contributed by atoms with van der Waals surface area (Å²) in [5.41, 5.74) is 5.96. The van der Waals surface area contributed by atoms with Crippen LogP contribution in [0.1, 0.15) is 35.1 Å². The van der Waals surface area contributed by atoms with Crippen molar-refractivity contribution >= 4 is 11.9 Å². The normalized spacial score (nSPS) is 15.6. The first-order valence-corrected chi connectivity index (χ1v) is 14.3. The van der Waals surface area contributed by atoms with Gasteiger partial charge in [0.2, 0.25) is 5.72 Å². The molecule has 1 saturated heterocycles. The predicted molar refractivity (Wildman–Crippen MR) is 156 cm³/mol. The number of hydrogen-bond donors (Lipinski definition) is 1. The maximum absolute atomic E-state index is 13.7. The number of aryl methyl sites for hydroxylation is 1. The summed E-state index contributed by atoms with van der Waals surface area (Å²) in [6, 6.07) is 23.6. The van der Waals surface area contributed by atoms with Gasteiger partial charge in [-0.2, -0.15) is 13.2 Å². The SMILES string of the molecule is COc1ccc(CC(N)(OC(=O)C(F)(F)F)C(=O)N2CC(OCCCCOCc3ccccc3)(c3ccccc3C)C2)cc1. The Morgan fingerprint density at radius 3 is 2.16 bits per heavy atom. The lowest BCUT2D eigenvalue weighted by atomic mass is 9.82. The molecule has 3 aromatic carbocycles. The molecule has 0 aromatic heterocycles. The van der Waals surface area contributed by atoms with Crippen molar-refractivity contribution in [3.63, 3.8) is 0 Å². The Hall–Kier alpha value is -3.93. The molecule has 1 atom stereocenters. The van der Waals surface area contributed by atoms with Crippen LogP contribution in [0.3, 0.4) is 0 Å². The van der Waals surface area contributed by atoms with Gasteiger partial charge in [-0.05, 0) is 54.2 Å². The van der Waals surface area contributed by atoms with E-state index in [1.165, 1.54) is 24.1 Å². The van der Waals surface area contributed by atoms with E-state index in [1.807, 2.05) is 61.5 Å². The van der Waals surface area contributed by atoms with Crippen LogP contribution in [0.2, 0.25) is 0 Å². The van der Waals surface area contributed by atoms with Crippen LogP contribution in [0, 0.1) is 6.92 Å². The monoisotopic (exact) mass is 614 g/mol. The molecule has 1 unspecified atom stereocenters. The van der Waals surface area contributed by atoms with Crippen LogP contribution >= 0.6 is 0 Å². The summed E-state index contributed by atoms with van der Waals surface area (Å²) in [6.45, 7) is 3.39. The topological polar surface area (TPSA) is 100 Å². The van der Waals surface area contributed by atoms with Crippen molar-refractivity contribution < 1.29 is 41.7 Å². The van der Waals surface area contributed by atoms with Crippen LogP contribution in [0.25, 0.3) is 0 Å². The average molecular weight is 615 g/mol. The summed E-state index contributed by atoms with van der Waals surface area (Å²) in [5, 5.41) is 0. The number of unbranched alkanes of at least 4 members (excludes halogenated alkanes) is 1. The Labute approximate surface area is 254 Å². The molecule has 0 bridgehead atoms. The van der Waals surface area contributed by atoms with Gasteiger partial charge in [0, 0.05) is 19.6 Å². The Balaban J connectivity index is 1.43. The number of hydrogen-bond acceptors (Lipinski definition) is 7. The zero-order valence-corrected chi connectivity index (χ0v) is 24.8. The second kappa shape index (κ2) is 14.2. The number of benzene rings is 3. The van der Waals surface area contributed by atoms with E-state index in [0.717, 1.165) is 23.1 Å². The number of ether oxygens (including phenoxy) is 4. The third-order valence-corrected chi connectivity index (χ3v) is 7.48. The highest BCUT2D eigenvalue weighted by Gasteiger charge is 2.55. The molecule has 3 aromatic rings. The van der Waals surface area contributed by atoms with Gasteiger partial charge >= 0.3 is 12.1 Å². The number of halogens is 3. The summed E-state index contributed by atoms with van der Waals surface area (Å²) in [7, 11) is 1.46. The minimum Gasteiger partial charge on any atom is -0.497 e. The summed E-state index contributed by atoms with van der Waals surface area (Å²) in [5.74, 6) is -2.99. The molecule has 1 aliphatic rings. The molecule has 11 heteroatoms. The van der Waals surface area contributed by atoms with Crippen LogP contribution in [0.15, 0.2) is 78.9 Å². The van der Waals surface area contributed by atoms with Crippen LogP contribution in [-0.4, -0.2) is 62.1 Å². The molecule has 8 nitrogen and oxygen atoms in total. The Morgan fingerprint density at radius 1 is 0.886 bits per heavy atom. The first kappa shape index (κ1) is 33.0. The fourth-order valence-electron chi connectivity index (χ4n) is 5.17. The number of nitrogens with zero attached hydrogens (tertiary/aromatic N) is 1. The zero-order valence-electron chi connectivity index (χ0n) is 24.8. The van der Waals surface area contributed by atoms with Crippen LogP contribution in [0.4, 0.5) is 13.2 Å². The van der Waals surface area contributed by atoms with Gasteiger partial charge < -0.3 is 23.8 Å². The summed E-state index contributed by atoms with van der Waals surface area (Å²) in [4.78, 5) is 26.8. The quantitative estimate of drug-likeness (QED) is 0.154. The lowest BCUT2D eigenvalue weighted by molar-refractivity contribution is -0.221. The number of likely N-dealkylation sites (tertiary alicyclic amines) is 1. The van der Waals surface area contributed by atoms with Gasteiger partial charge in [0.05, 0.1) is 26.8 Å². The third-order valence-electron chi connectivity index (χ3n) is 7.48. The van der Waals surface area contributed by atoms with Crippen LogP contribution in [0.5, 0.6) is 5.75 Å².